The summed E-state index contributed by atoms with van der Waals surface area (Å²) >= 11 is 0. The number of hydrogen-bond donors (Lipinski definition) is 2. The Morgan fingerprint density at radius 2 is 1.97 bits per heavy atom. The Morgan fingerprint density at radius 1 is 1.25 bits per heavy atom. The van der Waals surface area contributed by atoms with Crippen LogP contribution in [0, 0.1) is 34.5 Å². The van der Waals surface area contributed by atoms with E-state index in [0.717, 1.165) is 18.4 Å². The predicted molar refractivity (Wildman–Crippen MR) is 115 cm³/mol. The smallest absolute Gasteiger partial charge is 0.435 e. The van der Waals surface area contributed by atoms with Gasteiger partial charge >= 0.3 is 6.16 Å². The fourth-order valence-electron chi connectivity index (χ4n) is 7.65. The van der Waals surface area contributed by atoms with Gasteiger partial charge in [-0.15, -0.1) is 0 Å². The van der Waals surface area contributed by atoms with E-state index in [9.17, 15) is 24.6 Å². The standard InChI is InChI=1S/C25H34O7/c1-5-31-22(29)32-13-20(28)25(30)14(2)10-18-17-7-6-15-11-16(26)8-9-23(15,3)21(17)19(27)12-24(18,25)4/h8-9,11,14,17-19,21,27,30H,5-7,10,12-13H2,1-4H3/t14-,17-,18-,19-,21+,23-,24-,25-/m0/s1. The van der Waals surface area contributed by atoms with Gasteiger partial charge < -0.3 is 19.7 Å². The molecular weight excluding hydrogens is 412 g/mol. The fourth-order valence-corrected chi connectivity index (χ4v) is 7.65. The predicted octanol–water partition coefficient (Wildman–Crippen LogP) is 2.98. The van der Waals surface area contributed by atoms with Gasteiger partial charge in [-0.3, -0.25) is 9.59 Å². The lowest BCUT2D eigenvalue weighted by Gasteiger charge is -2.59. The van der Waals surface area contributed by atoms with Gasteiger partial charge in [-0.2, -0.15) is 0 Å². The summed E-state index contributed by atoms with van der Waals surface area (Å²) in [6.45, 7) is 7.08. The summed E-state index contributed by atoms with van der Waals surface area (Å²) in [7, 11) is 0. The Hall–Kier alpha value is -1.99. The Labute approximate surface area is 188 Å². The summed E-state index contributed by atoms with van der Waals surface area (Å²) in [5.74, 6) is -0.826. The second-order valence-electron chi connectivity index (χ2n) is 10.5. The summed E-state index contributed by atoms with van der Waals surface area (Å²) in [5.41, 5.74) is -1.88. The minimum Gasteiger partial charge on any atom is -0.435 e. The summed E-state index contributed by atoms with van der Waals surface area (Å²) in [5, 5.41) is 23.2. The Bertz CT molecular complexity index is 891. The molecule has 4 aliphatic carbocycles. The third-order valence-corrected chi connectivity index (χ3v) is 9.09. The maximum absolute atomic E-state index is 13.2. The normalized spacial score (nSPS) is 44.8. The number of rotatable bonds is 4. The molecule has 2 N–H and O–H groups in total. The molecule has 4 aliphatic rings. The number of ketones is 2. The highest BCUT2D eigenvalue weighted by Crippen LogP contribution is 2.68. The highest BCUT2D eigenvalue weighted by molar-refractivity contribution is 6.01. The van der Waals surface area contributed by atoms with Crippen molar-refractivity contribution >= 4 is 17.7 Å². The summed E-state index contributed by atoms with van der Waals surface area (Å²) in [6, 6.07) is 0. The second-order valence-corrected chi connectivity index (χ2v) is 10.5. The minimum absolute atomic E-state index is 0.0119. The number of Topliss-reactive ketones (excluding diaryl/α,β-unsaturated/α-hetero) is 1. The lowest BCUT2D eigenvalue weighted by atomic mass is 9.46. The van der Waals surface area contributed by atoms with Gasteiger partial charge in [-0.05, 0) is 62.5 Å². The molecule has 7 nitrogen and oxygen atoms in total. The van der Waals surface area contributed by atoms with Crippen LogP contribution in [0.1, 0.15) is 53.4 Å². The van der Waals surface area contributed by atoms with Crippen LogP contribution in [-0.2, 0) is 19.1 Å². The van der Waals surface area contributed by atoms with Gasteiger partial charge in [0.1, 0.15) is 5.60 Å². The van der Waals surface area contributed by atoms with Gasteiger partial charge in [0.2, 0.25) is 5.78 Å². The first-order valence-electron chi connectivity index (χ1n) is 11.7. The zero-order chi connectivity index (χ0) is 23.5. The molecule has 4 rings (SSSR count). The number of allylic oxidation sites excluding steroid dienone is 4. The zero-order valence-electron chi connectivity index (χ0n) is 19.3. The molecule has 176 valence electrons. The molecule has 0 aromatic carbocycles. The van der Waals surface area contributed by atoms with Gasteiger partial charge in [0.25, 0.3) is 0 Å². The number of carbonyl (C=O) groups is 3. The van der Waals surface area contributed by atoms with Crippen molar-refractivity contribution in [3.8, 4) is 0 Å². The summed E-state index contributed by atoms with van der Waals surface area (Å²) in [4.78, 5) is 36.8. The highest BCUT2D eigenvalue weighted by Gasteiger charge is 2.70. The number of hydrogen-bond acceptors (Lipinski definition) is 7. The van der Waals surface area contributed by atoms with Crippen molar-refractivity contribution in [3.63, 3.8) is 0 Å². The molecule has 0 unspecified atom stereocenters. The van der Waals surface area contributed by atoms with Crippen LogP contribution < -0.4 is 0 Å². The van der Waals surface area contributed by atoms with E-state index in [-0.39, 0.29) is 42.5 Å². The van der Waals surface area contributed by atoms with Crippen LogP contribution in [0.15, 0.2) is 23.8 Å². The molecule has 0 radical (unpaired) electrons. The van der Waals surface area contributed by atoms with Gasteiger partial charge in [0.15, 0.2) is 12.4 Å². The molecule has 0 aromatic heterocycles. The average Bonchev–Trinajstić information content (AvgIpc) is 2.93. The molecule has 3 fully saturated rings. The third kappa shape index (κ3) is 3.11. The van der Waals surface area contributed by atoms with E-state index in [4.69, 9.17) is 9.47 Å². The topological polar surface area (TPSA) is 110 Å². The molecule has 0 bridgehead atoms. The number of carbonyl (C=O) groups excluding carboxylic acids is 3. The highest BCUT2D eigenvalue weighted by atomic mass is 16.7. The lowest BCUT2D eigenvalue weighted by molar-refractivity contribution is -0.184. The van der Waals surface area contributed by atoms with E-state index < -0.39 is 41.1 Å². The third-order valence-electron chi connectivity index (χ3n) is 9.09. The van der Waals surface area contributed by atoms with Crippen molar-refractivity contribution in [2.24, 2.45) is 34.5 Å². The first-order valence-corrected chi connectivity index (χ1v) is 11.7. The van der Waals surface area contributed by atoms with Crippen molar-refractivity contribution < 1.29 is 34.1 Å². The van der Waals surface area contributed by atoms with Crippen LogP contribution in [0.5, 0.6) is 0 Å². The maximum atomic E-state index is 13.2. The molecule has 0 aromatic rings. The Morgan fingerprint density at radius 3 is 2.66 bits per heavy atom. The molecule has 0 aliphatic heterocycles. The van der Waals surface area contributed by atoms with E-state index in [1.54, 1.807) is 19.1 Å². The van der Waals surface area contributed by atoms with Gasteiger partial charge in [0, 0.05) is 16.7 Å². The largest absolute Gasteiger partial charge is 0.508 e. The maximum Gasteiger partial charge on any atom is 0.508 e. The van der Waals surface area contributed by atoms with Crippen molar-refractivity contribution in [2.75, 3.05) is 13.2 Å². The fraction of sp³-hybridized carbons (Fsp3) is 0.720. The number of ether oxygens (including phenoxy) is 2. The average molecular weight is 447 g/mol. The Balaban J connectivity index is 1.64. The molecule has 32 heavy (non-hydrogen) atoms. The number of aliphatic hydroxyl groups excluding tert-OH is 1. The van der Waals surface area contributed by atoms with Crippen LogP contribution in [0.2, 0.25) is 0 Å². The van der Waals surface area contributed by atoms with Crippen LogP contribution in [0.3, 0.4) is 0 Å². The van der Waals surface area contributed by atoms with Crippen LogP contribution in [0.25, 0.3) is 0 Å². The lowest BCUT2D eigenvalue weighted by Crippen LogP contribution is -2.62. The molecule has 0 heterocycles. The van der Waals surface area contributed by atoms with Gasteiger partial charge in [-0.25, -0.2) is 4.79 Å². The number of aliphatic hydroxyl groups is 2. The molecule has 0 spiro atoms. The van der Waals surface area contributed by atoms with E-state index >= 15 is 0 Å². The van der Waals surface area contributed by atoms with E-state index in [1.165, 1.54) is 0 Å². The summed E-state index contributed by atoms with van der Waals surface area (Å²) < 4.78 is 9.68. The van der Waals surface area contributed by atoms with E-state index in [2.05, 4.69) is 6.92 Å². The van der Waals surface area contributed by atoms with Crippen molar-refractivity contribution in [1.29, 1.82) is 0 Å². The molecule has 3 saturated carbocycles. The monoisotopic (exact) mass is 446 g/mol. The SMILES string of the molecule is CCOC(=O)OCC(=O)[C@@]1(O)[C@@H](C)C[C@H]2[C@@H]3CCC4=CC(=O)C=C[C@]4(C)[C@H]3[C@@H](O)C[C@@]21C. The van der Waals surface area contributed by atoms with Crippen molar-refractivity contribution in [1.82, 2.24) is 0 Å². The second kappa shape index (κ2) is 7.80. The first-order chi connectivity index (χ1) is 15.0. The molecular formula is C25H34O7. The molecule has 8 atom stereocenters. The minimum atomic E-state index is -1.70. The zero-order valence-corrected chi connectivity index (χ0v) is 19.3. The Kier molecular flexibility index (Phi) is 5.65. The molecule has 7 heteroatoms. The summed E-state index contributed by atoms with van der Waals surface area (Å²) in [6.07, 6.45) is 6.08. The number of fused-ring (bicyclic) bond motifs is 5. The van der Waals surface area contributed by atoms with Gasteiger partial charge in [0.05, 0.1) is 12.7 Å². The van der Waals surface area contributed by atoms with E-state index in [1.807, 2.05) is 19.9 Å². The quantitative estimate of drug-likeness (QED) is 0.639. The van der Waals surface area contributed by atoms with Gasteiger partial charge in [-0.1, -0.05) is 32.4 Å². The van der Waals surface area contributed by atoms with Crippen LogP contribution in [0.4, 0.5) is 4.79 Å². The molecule has 0 saturated heterocycles. The van der Waals surface area contributed by atoms with Crippen LogP contribution in [-0.4, -0.2) is 52.9 Å². The van der Waals surface area contributed by atoms with Crippen LogP contribution >= 0.6 is 0 Å². The van der Waals surface area contributed by atoms with Crippen molar-refractivity contribution in [3.05, 3.63) is 23.8 Å². The molecule has 0 amide bonds. The van der Waals surface area contributed by atoms with Crippen molar-refractivity contribution in [2.45, 2.75) is 65.1 Å². The first kappa shape index (κ1) is 23.2. The van der Waals surface area contributed by atoms with E-state index in [0.29, 0.717) is 6.42 Å².